The average Bonchev–Trinajstić information content (AvgIpc) is 2.81. The van der Waals surface area contributed by atoms with Gasteiger partial charge in [0.1, 0.15) is 5.75 Å². The van der Waals surface area contributed by atoms with Crippen molar-refractivity contribution >= 4 is 10.9 Å². The van der Waals surface area contributed by atoms with Crippen molar-refractivity contribution in [3.8, 4) is 34.1 Å². The van der Waals surface area contributed by atoms with Gasteiger partial charge in [0.05, 0.1) is 10.9 Å². The van der Waals surface area contributed by atoms with E-state index in [1.165, 1.54) is 5.56 Å². The Morgan fingerprint density at radius 2 is 1.24 bits per heavy atom. The van der Waals surface area contributed by atoms with E-state index in [1.54, 1.807) is 12.4 Å². The van der Waals surface area contributed by atoms with Gasteiger partial charge in [0, 0.05) is 18.0 Å². The molecule has 0 radical (unpaired) electrons. The molecular weight excluding hydrogens is 358 g/mol. The van der Waals surface area contributed by atoms with Crippen LogP contribution in [0.1, 0.15) is 0 Å². The maximum atomic E-state index is 6.18. The number of para-hydroxylation sites is 1. The Morgan fingerprint density at radius 3 is 2.03 bits per heavy atom. The molecule has 0 aliphatic rings. The van der Waals surface area contributed by atoms with Crippen molar-refractivity contribution in [1.29, 1.82) is 0 Å². The van der Waals surface area contributed by atoms with Gasteiger partial charge < -0.3 is 4.74 Å². The van der Waals surface area contributed by atoms with E-state index in [9.17, 15) is 0 Å². The lowest BCUT2D eigenvalue weighted by atomic mass is 10.1. The van der Waals surface area contributed by atoms with Crippen LogP contribution in [0.25, 0.3) is 33.4 Å². The molecular formula is C25H17N3O. The second-order valence-corrected chi connectivity index (χ2v) is 6.60. The van der Waals surface area contributed by atoms with Crippen molar-refractivity contribution in [2.75, 3.05) is 0 Å². The zero-order valence-electron chi connectivity index (χ0n) is 15.6. The van der Waals surface area contributed by atoms with Gasteiger partial charge in [0.25, 0.3) is 0 Å². The van der Waals surface area contributed by atoms with Crippen LogP contribution in [0.5, 0.6) is 11.6 Å². The number of nitrogens with zero attached hydrogens (tertiary/aromatic N) is 3. The first-order valence-corrected chi connectivity index (χ1v) is 9.37. The zero-order chi connectivity index (χ0) is 19.5. The fraction of sp³-hybridized carbons (Fsp3) is 0. The Bertz CT molecular complexity index is 1250. The van der Waals surface area contributed by atoms with Crippen LogP contribution in [-0.4, -0.2) is 15.0 Å². The number of pyridine rings is 1. The minimum absolute atomic E-state index is 0.537. The number of fused-ring (bicyclic) bond motifs is 1. The first-order chi connectivity index (χ1) is 14.4. The molecule has 0 saturated heterocycles. The van der Waals surface area contributed by atoms with Gasteiger partial charge in [-0.2, -0.15) is 4.98 Å². The predicted octanol–water partition coefficient (Wildman–Crippen LogP) is 6.15. The molecule has 0 saturated carbocycles. The summed E-state index contributed by atoms with van der Waals surface area (Å²) in [5.74, 6) is 1.88. The minimum atomic E-state index is 0.537. The van der Waals surface area contributed by atoms with E-state index in [1.807, 2.05) is 66.7 Å². The molecule has 0 unspecified atom stereocenters. The maximum Gasteiger partial charge on any atom is 0.230 e. The van der Waals surface area contributed by atoms with E-state index in [4.69, 9.17) is 4.74 Å². The number of benzene rings is 3. The molecule has 0 spiro atoms. The SMILES string of the molecule is c1ccc(-c2ccc(Oc3nc(-c4ccncc4)nc4ccccc34)cc2)cc1. The van der Waals surface area contributed by atoms with Crippen molar-refractivity contribution < 1.29 is 4.74 Å². The smallest absolute Gasteiger partial charge is 0.230 e. The highest BCUT2D eigenvalue weighted by Crippen LogP contribution is 2.31. The summed E-state index contributed by atoms with van der Waals surface area (Å²) in [5, 5.41) is 0.873. The largest absolute Gasteiger partial charge is 0.438 e. The van der Waals surface area contributed by atoms with Gasteiger partial charge in [-0.1, -0.05) is 54.6 Å². The summed E-state index contributed by atoms with van der Waals surface area (Å²) in [6.45, 7) is 0. The van der Waals surface area contributed by atoms with E-state index in [2.05, 4.69) is 39.2 Å². The van der Waals surface area contributed by atoms with Crippen LogP contribution in [0, 0.1) is 0 Å². The highest BCUT2D eigenvalue weighted by molar-refractivity contribution is 5.85. The van der Waals surface area contributed by atoms with E-state index in [0.29, 0.717) is 11.7 Å². The van der Waals surface area contributed by atoms with Crippen molar-refractivity contribution in [2.45, 2.75) is 0 Å². The third-order valence-corrected chi connectivity index (χ3v) is 4.68. The van der Waals surface area contributed by atoms with Gasteiger partial charge in [0.15, 0.2) is 5.82 Å². The van der Waals surface area contributed by atoms with Gasteiger partial charge in [-0.3, -0.25) is 4.98 Å². The van der Waals surface area contributed by atoms with Crippen molar-refractivity contribution in [1.82, 2.24) is 15.0 Å². The summed E-state index contributed by atoms with van der Waals surface area (Å²) >= 11 is 0. The standard InChI is InChI=1S/C25H17N3O/c1-2-6-18(7-3-1)19-10-12-21(13-11-19)29-25-22-8-4-5-9-23(22)27-24(28-25)20-14-16-26-17-15-20/h1-17H. The molecule has 138 valence electrons. The number of hydrogen-bond donors (Lipinski definition) is 0. The lowest BCUT2D eigenvalue weighted by molar-refractivity contribution is 0.469. The summed E-state index contributed by atoms with van der Waals surface area (Å²) in [5.41, 5.74) is 4.05. The molecule has 0 fully saturated rings. The molecule has 0 aliphatic carbocycles. The zero-order valence-corrected chi connectivity index (χ0v) is 15.6. The monoisotopic (exact) mass is 375 g/mol. The molecule has 0 amide bonds. The Morgan fingerprint density at radius 1 is 0.552 bits per heavy atom. The first-order valence-electron chi connectivity index (χ1n) is 9.37. The molecule has 2 heterocycles. The molecule has 5 aromatic rings. The lowest BCUT2D eigenvalue weighted by Gasteiger charge is -2.11. The maximum absolute atomic E-state index is 6.18. The minimum Gasteiger partial charge on any atom is -0.438 e. The Balaban J connectivity index is 1.53. The van der Waals surface area contributed by atoms with Crippen LogP contribution >= 0.6 is 0 Å². The van der Waals surface area contributed by atoms with Crippen LogP contribution in [0.2, 0.25) is 0 Å². The second kappa shape index (κ2) is 7.52. The van der Waals surface area contributed by atoms with Gasteiger partial charge in [-0.05, 0) is 47.5 Å². The fourth-order valence-electron chi connectivity index (χ4n) is 3.21. The van der Waals surface area contributed by atoms with Crippen LogP contribution < -0.4 is 4.74 Å². The van der Waals surface area contributed by atoms with Gasteiger partial charge >= 0.3 is 0 Å². The molecule has 3 aromatic carbocycles. The number of aromatic nitrogens is 3. The van der Waals surface area contributed by atoms with E-state index < -0.39 is 0 Å². The Kier molecular flexibility index (Phi) is 4.43. The van der Waals surface area contributed by atoms with Crippen LogP contribution in [0.4, 0.5) is 0 Å². The third-order valence-electron chi connectivity index (χ3n) is 4.68. The first kappa shape index (κ1) is 17.1. The topological polar surface area (TPSA) is 47.9 Å². The molecule has 4 heteroatoms. The predicted molar refractivity (Wildman–Crippen MR) is 115 cm³/mol. The molecule has 29 heavy (non-hydrogen) atoms. The Hall–Kier alpha value is -4.05. The Labute approximate surface area is 168 Å². The molecule has 0 aliphatic heterocycles. The molecule has 4 nitrogen and oxygen atoms in total. The number of ether oxygens (including phenoxy) is 1. The molecule has 0 bridgehead atoms. The van der Waals surface area contributed by atoms with Crippen LogP contribution in [0.15, 0.2) is 103 Å². The summed E-state index contributed by atoms with van der Waals surface area (Å²) in [6.07, 6.45) is 3.47. The third kappa shape index (κ3) is 3.56. The average molecular weight is 375 g/mol. The normalized spacial score (nSPS) is 10.8. The van der Waals surface area contributed by atoms with Crippen molar-refractivity contribution in [2.24, 2.45) is 0 Å². The van der Waals surface area contributed by atoms with Crippen LogP contribution in [0.3, 0.4) is 0 Å². The summed E-state index contributed by atoms with van der Waals surface area (Å²) in [4.78, 5) is 13.4. The lowest BCUT2D eigenvalue weighted by Crippen LogP contribution is -1.96. The number of hydrogen-bond acceptors (Lipinski definition) is 4. The van der Waals surface area contributed by atoms with Gasteiger partial charge in [-0.25, -0.2) is 4.98 Å². The van der Waals surface area contributed by atoms with Crippen molar-refractivity contribution in [3.05, 3.63) is 103 Å². The second-order valence-electron chi connectivity index (χ2n) is 6.60. The van der Waals surface area contributed by atoms with Gasteiger partial charge in [0.2, 0.25) is 5.88 Å². The van der Waals surface area contributed by atoms with E-state index >= 15 is 0 Å². The highest BCUT2D eigenvalue weighted by atomic mass is 16.5. The molecule has 2 aromatic heterocycles. The molecule has 0 N–H and O–H groups in total. The van der Waals surface area contributed by atoms with Crippen LogP contribution in [-0.2, 0) is 0 Å². The van der Waals surface area contributed by atoms with E-state index in [-0.39, 0.29) is 0 Å². The quantitative estimate of drug-likeness (QED) is 0.378. The summed E-state index contributed by atoms with van der Waals surface area (Å²) < 4.78 is 6.18. The van der Waals surface area contributed by atoms with E-state index in [0.717, 1.165) is 27.8 Å². The number of rotatable bonds is 4. The molecule has 5 rings (SSSR count). The summed E-state index contributed by atoms with van der Waals surface area (Å²) in [7, 11) is 0. The van der Waals surface area contributed by atoms with Crippen molar-refractivity contribution in [3.63, 3.8) is 0 Å². The molecule has 0 atom stereocenters. The highest BCUT2D eigenvalue weighted by Gasteiger charge is 2.11. The fourth-order valence-corrected chi connectivity index (χ4v) is 3.21. The van der Waals surface area contributed by atoms with Gasteiger partial charge in [-0.15, -0.1) is 0 Å². The summed E-state index contributed by atoms with van der Waals surface area (Å²) in [6, 6.07) is 29.9.